The van der Waals surface area contributed by atoms with Crippen molar-refractivity contribution < 1.29 is 18.8 Å². The molecule has 8 heteroatoms. The Bertz CT molecular complexity index is 470. The summed E-state index contributed by atoms with van der Waals surface area (Å²) in [7, 11) is 0. The molecule has 0 radical (unpaired) electrons. The van der Waals surface area contributed by atoms with Gasteiger partial charge in [0.15, 0.2) is 5.69 Å². The molecule has 0 aliphatic heterocycles. The van der Waals surface area contributed by atoms with Crippen LogP contribution < -0.4 is 0 Å². The molecule has 0 aliphatic rings. The number of aliphatic hydroxyl groups is 1. The highest BCUT2D eigenvalue weighted by Crippen LogP contribution is 2.30. The molecule has 0 saturated heterocycles. The predicted octanol–water partition coefficient (Wildman–Crippen LogP) is 1.29. The molecule has 0 spiro atoms. The maximum atomic E-state index is 12.5. The Balaban J connectivity index is 3.55. The molecule has 1 heterocycles. The van der Waals surface area contributed by atoms with Gasteiger partial charge in [0.1, 0.15) is 18.2 Å². The van der Waals surface area contributed by atoms with Crippen molar-refractivity contribution in [3.8, 4) is 6.07 Å². The zero-order valence-electron chi connectivity index (χ0n) is 7.72. The molecule has 1 N–H and O–H groups in total. The second-order valence-corrected chi connectivity index (χ2v) is 2.73. The lowest BCUT2D eigenvalue weighted by atomic mass is 10.1. The third-order valence-electron chi connectivity index (χ3n) is 1.77. The van der Waals surface area contributed by atoms with E-state index < -0.39 is 34.9 Å². The minimum atomic E-state index is -3.17. The van der Waals surface area contributed by atoms with Crippen molar-refractivity contribution in [2.24, 2.45) is 0 Å². The van der Waals surface area contributed by atoms with E-state index in [0.29, 0.717) is 0 Å². The van der Waals surface area contributed by atoms with E-state index >= 15 is 0 Å². The summed E-state index contributed by atoms with van der Waals surface area (Å²) in [5.74, 6) is -1.10. The molecule has 0 fully saturated rings. The van der Waals surface area contributed by atoms with E-state index in [-0.39, 0.29) is 5.69 Å². The second kappa shape index (κ2) is 4.59. The molecule has 84 valence electrons. The lowest BCUT2D eigenvalue weighted by Gasteiger charge is -2.04. The lowest BCUT2D eigenvalue weighted by Crippen LogP contribution is -2.05. The van der Waals surface area contributed by atoms with Crippen LogP contribution in [0.3, 0.4) is 0 Å². The molecule has 1 aromatic heterocycles. The molecule has 16 heavy (non-hydrogen) atoms. The monoisotopic (exact) mass is 229 g/mol. The lowest BCUT2D eigenvalue weighted by molar-refractivity contribution is -0.391. The van der Waals surface area contributed by atoms with Crippen LogP contribution in [0, 0.1) is 21.4 Å². The minimum Gasteiger partial charge on any atom is -0.388 e. The number of aromatic nitrogens is 1. The Morgan fingerprint density at radius 3 is 2.69 bits per heavy atom. The Kier molecular flexibility index (Phi) is 3.42. The highest BCUT2D eigenvalue weighted by molar-refractivity contribution is 5.48. The van der Waals surface area contributed by atoms with Gasteiger partial charge < -0.3 is 15.2 Å². The van der Waals surface area contributed by atoms with Crippen molar-refractivity contribution in [3.05, 3.63) is 33.0 Å². The van der Waals surface area contributed by atoms with Crippen LogP contribution >= 0.6 is 0 Å². The molecule has 0 bridgehead atoms. The summed E-state index contributed by atoms with van der Waals surface area (Å²) in [6.45, 7) is -0.668. The van der Waals surface area contributed by atoms with Gasteiger partial charge in [0, 0.05) is 6.07 Å². The summed E-state index contributed by atoms with van der Waals surface area (Å²) in [5, 5.41) is 27.8. The fourth-order valence-corrected chi connectivity index (χ4v) is 1.12. The van der Waals surface area contributed by atoms with Crippen LogP contribution in [-0.2, 0) is 6.61 Å². The molecule has 0 aromatic carbocycles. The maximum Gasteiger partial charge on any atom is 0.374 e. The summed E-state index contributed by atoms with van der Waals surface area (Å²) in [4.78, 5) is 12.6. The number of pyridine rings is 1. The van der Waals surface area contributed by atoms with Gasteiger partial charge in [0.05, 0.1) is 5.56 Å². The van der Waals surface area contributed by atoms with Crippen molar-refractivity contribution >= 4 is 5.82 Å². The molecule has 0 aliphatic carbocycles. The number of alkyl halides is 2. The summed E-state index contributed by atoms with van der Waals surface area (Å²) >= 11 is 0. The van der Waals surface area contributed by atoms with Gasteiger partial charge in [0.2, 0.25) is 0 Å². The third-order valence-corrected chi connectivity index (χ3v) is 1.77. The van der Waals surface area contributed by atoms with Crippen molar-refractivity contribution in [2.75, 3.05) is 0 Å². The SMILES string of the molecule is N#Cc1cc(CO)nc([N+](=O)[O-])c1C(F)F. The van der Waals surface area contributed by atoms with Crippen LogP contribution in [0.5, 0.6) is 0 Å². The summed E-state index contributed by atoms with van der Waals surface area (Å²) in [6.07, 6.45) is -3.17. The Morgan fingerprint density at radius 1 is 1.69 bits per heavy atom. The summed E-state index contributed by atoms with van der Waals surface area (Å²) in [5.41, 5.74) is -1.78. The fourth-order valence-electron chi connectivity index (χ4n) is 1.12. The number of hydrogen-bond acceptors (Lipinski definition) is 5. The molecule has 6 nitrogen and oxygen atoms in total. The molecular weight excluding hydrogens is 224 g/mol. The van der Waals surface area contributed by atoms with Crippen molar-refractivity contribution in [1.82, 2.24) is 4.98 Å². The number of nitro groups is 1. The minimum absolute atomic E-state index is 0.201. The van der Waals surface area contributed by atoms with Crippen LogP contribution in [0.4, 0.5) is 14.6 Å². The number of aliphatic hydroxyl groups excluding tert-OH is 1. The highest BCUT2D eigenvalue weighted by Gasteiger charge is 2.28. The number of hydrogen-bond donors (Lipinski definition) is 1. The zero-order valence-corrected chi connectivity index (χ0v) is 7.72. The number of halogens is 2. The van der Waals surface area contributed by atoms with Crippen molar-refractivity contribution in [1.29, 1.82) is 5.26 Å². The quantitative estimate of drug-likeness (QED) is 0.621. The fraction of sp³-hybridized carbons (Fsp3) is 0.250. The molecular formula is C8H5F2N3O3. The Morgan fingerprint density at radius 2 is 2.31 bits per heavy atom. The average Bonchev–Trinajstić information content (AvgIpc) is 2.26. The highest BCUT2D eigenvalue weighted by atomic mass is 19.3. The van der Waals surface area contributed by atoms with Gasteiger partial charge in [-0.25, -0.2) is 8.78 Å². The van der Waals surface area contributed by atoms with Gasteiger partial charge in [0.25, 0.3) is 6.43 Å². The summed E-state index contributed by atoms with van der Waals surface area (Å²) < 4.78 is 25.0. The van der Waals surface area contributed by atoms with E-state index in [1.54, 1.807) is 0 Å². The molecule has 0 amide bonds. The van der Waals surface area contributed by atoms with Crippen LogP contribution in [0.25, 0.3) is 0 Å². The second-order valence-electron chi connectivity index (χ2n) is 2.73. The van der Waals surface area contributed by atoms with Crippen LogP contribution in [0.2, 0.25) is 0 Å². The van der Waals surface area contributed by atoms with E-state index in [0.717, 1.165) is 6.07 Å². The van der Waals surface area contributed by atoms with Crippen molar-refractivity contribution in [2.45, 2.75) is 13.0 Å². The molecule has 0 atom stereocenters. The van der Waals surface area contributed by atoms with E-state index in [4.69, 9.17) is 10.4 Å². The molecule has 0 saturated carbocycles. The van der Waals surface area contributed by atoms with Crippen molar-refractivity contribution in [3.63, 3.8) is 0 Å². The first kappa shape index (κ1) is 11.9. The van der Waals surface area contributed by atoms with Gasteiger partial charge in [-0.1, -0.05) is 0 Å². The zero-order chi connectivity index (χ0) is 12.3. The van der Waals surface area contributed by atoms with Crippen LogP contribution in [0.15, 0.2) is 6.07 Å². The average molecular weight is 229 g/mol. The largest absolute Gasteiger partial charge is 0.388 e. The number of nitrogens with zero attached hydrogens (tertiary/aromatic N) is 3. The standard InChI is InChI=1S/C8H5F2N3O3/c9-7(10)6-4(2-11)1-5(3-14)12-8(6)13(15)16/h1,7,14H,3H2. The molecule has 1 rings (SSSR count). The van der Waals surface area contributed by atoms with E-state index in [1.807, 2.05) is 0 Å². The van der Waals surface area contributed by atoms with E-state index in [2.05, 4.69) is 4.98 Å². The number of nitriles is 1. The van der Waals surface area contributed by atoms with Gasteiger partial charge >= 0.3 is 5.82 Å². The van der Waals surface area contributed by atoms with E-state index in [1.165, 1.54) is 6.07 Å². The van der Waals surface area contributed by atoms with Gasteiger partial charge in [-0.2, -0.15) is 5.26 Å². The Hall–Kier alpha value is -2.14. The van der Waals surface area contributed by atoms with Crippen LogP contribution in [0.1, 0.15) is 23.2 Å². The maximum absolute atomic E-state index is 12.5. The number of rotatable bonds is 3. The van der Waals surface area contributed by atoms with Crippen LogP contribution in [-0.4, -0.2) is 15.0 Å². The topological polar surface area (TPSA) is 100 Å². The summed E-state index contributed by atoms with van der Waals surface area (Å²) in [6, 6.07) is 2.31. The molecule has 0 unspecified atom stereocenters. The first-order chi connectivity index (χ1) is 7.51. The van der Waals surface area contributed by atoms with Gasteiger partial charge in [-0.15, -0.1) is 0 Å². The third kappa shape index (κ3) is 2.09. The first-order valence-corrected chi connectivity index (χ1v) is 3.98. The Labute approximate surface area is 87.9 Å². The van der Waals surface area contributed by atoms with E-state index in [9.17, 15) is 18.9 Å². The molecule has 1 aromatic rings. The first-order valence-electron chi connectivity index (χ1n) is 3.98. The smallest absolute Gasteiger partial charge is 0.374 e. The predicted molar refractivity (Wildman–Crippen MR) is 46.5 cm³/mol. The van der Waals surface area contributed by atoms with Gasteiger partial charge in [-0.05, 0) is 9.91 Å². The van der Waals surface area contributed by atoms with Gasteiger partial charge in [-0.3, -0.25) is 0 Å². The normalized spacial score (nSPS) is 10.2.